The zero-order chi connectivity index (χ0) is 12.3. The molecule has 16 heavy (non-hydrogen) atoms. The second kappa shape index (κ2) is 4.55. The van der Waals surface area contributed by atoms with Crippen molar-refractivity contribution in [1.29, 1.82) is 0 Å². The highest BCUT2D eigenvalue weighted by Crippen LogP contribution is 2.18. The number of hydrogen-bond acceptors (Lipinski definition) is 3. The molecule has 3 N–H and O–H groups in total. The molecule has 0 unspecified atom stereocenters. The molecule has 0 aromatic rings. The van der Waals surface area contributed by atoms with Gasteiger partial charge >= 0.3 is 6.09 Å². The molecule has 0 bridgehead atoms. The lowest BCUT2D eigenvalue weighted by Gasteiger charge is -2.21. The average Bonchev–Trinajstić information content (AvgIpc) is 2.48. The molecule has 1 atom stereocenters. The Hall–Kier alpha value is -1.52. The van der Waals surface area contributed by atoms with Crippen molar-refractivity contribution in [2.45, 2.75) is 45.3 Å². The summed E-state index contributed by atoms with van der Waals surface area (Å²) < 4.78 is 5.11. The molecule has 5 nitrogen and oxygen atoms in total. The average molecular weight is 226 g/mol. The maximum atomic E-state index is 11.4. The van der Waals surface area contributed by atoms with E-state index in [1.807, 2.05) is 0 Å². The van der Waals surface area contributed by atoms with Gasteiger partial charge in [-0.1, -0.05) is 6.08 Å². The first-order chi connectivity index (χ1) is 7.28. The van der Waals surface area contributed by atoms with Crippen LogP contribution in [0.4, 0.5) is 4.79 Å². The summed E-state index contributed by atoms with van der Waals surface area (Å²) in [5.74, 6) is -0.423. The summed E-state index contributed by atoms with van der Waals surface area (Å²) in [4.78, 5) is 22.3. The Morgan fingerprint density at radius 2 is 2.12 bits per heavy atom. The van der Waals surface area contributed by atoms with Crippen molar-refractivity contribution in [2.75, 3.05) is 0 Å². The van der Waals surface area contributed by atoms with E-state index in [1.54, 1.807) is 26.8 Å². The van der Waals surface area contributed by atoms with Crippen LogP contribution in [0.3, 0.4) is 0 Å². The molecule has 0 fully saturated rings. The lowest BCUT2D eigenvalue weighted by molar-refractivity contribution is -0.114. The van der Waals surface area contributed by atoms with Crippen molar-refractivity contribution in [3.63, 3.8) is 0 Å². The summed E-state index contributed by atoms with van der Waals surface area (Å²) in [6.45, 7) is 5.40. The zero-order valence-corrected chi connectivity index (χ0v) is 9.87. The summed E-state index contributed by atoms with van der Waals surface area (Å²) >= 11 is 0. The van der Waals surface area contributed by atoms with Gasteiger partial charge < -0.3 is 15.8 Å². The summed E-state index contributed by atoms with van der Waals surface area (Å²) in [5, 5.41) is 2.70. The molecular formula is C11H18N2O3. The molecular weight excluding hydrogens is 208 g/mol. The van der Waals surface area contributed by atoms with E-state index in [-0.39, 0.29) is 6.04 Å². The van der Waals surface area contributed by atoms with Crippen LogP contribution >= 0.6 is 0 Å². The molecule has 0 spiro atoms. The van der Waals surface area contributed by atoms with E-state index < -0.39 is 17.6 Å². The third kappa shape index (κ3) is 3.92. The number of amides is 2. The number of rotatable bonds is 2. The third-order valence-electron chi connectivity index (χ3n) is 2.15. The van der Waals surface area contributed by atoms with E-state index in [2.05, 4.69) is 5.32 Å². The summed E-state index contributed by atoms with van der Waals surface area (Å²) in [6.07, 6.45) is 2.40. The minimum absolute atomic E-state index is 0.0858. The Bertz CT molecular complexity index is 329. The van der Waals surface area contributed by atoms with E-state index in [4.69, 9.17) is 10.5 Å². The number of nitrogens with one attached hydrogen (secondary N) is 1. The Balaban J connectivity index is 2.37. The Labute approximate surface area is 95.0 Å². The van der Waals surface area contributed by atoms with Crippen molar-refractivity contribution in [2.24, 2.45) is 5.73 Å². The number of carbonyl (C=O) groups is 2. The van der Waals surface area contributed by atoms with Gasteiger partial charge in [-0.05, 0) is 33.6 Å². The maximum absolute atomic E-state index is 11.4. The number of nitrogens with two attached hydrogens (primary N) is 1. The van der Waals surface area contributed by atoms with Crippen molar-refractivity contribution in [3.8, 4) is 0 Å². The molecule has 0 heterocycles. The number of primary amides is 1. The van der Waals surface area contributed by atoms with E-state index in [9.17, 15) is 9.59 Å². The van der Waals surface area contributed by atoms with Crippen molar-refractivity contribution in [3.05, 3.63) is 11.6 Å². The smallest absolute Gasteiger partial charge is 0.407 e. The molecule has 1 rings (SSSR count). The fourth-order valence-corrected chi connectivity index (χ4v) is 1.50. The van der Waals surface area contributed by atoms with E-state index in [1.165, 1.54) is 0 Å². The molecule has 0 aliphatic heterocycles. The molecule has 5 heteroatoms. The number of ether oxygens (including phenoxy) is 1. The topological polar surface area (TPSA) is 81.4 Å². The molecule has 2 amide bonds. The van der Waals surface area contributed by atoms with Crippen LogP contribution < -0.4 is 11.1 Å². The zero-order valence-electron chi connectivity index (χ0n) is 9.87. The molecule has 0 saturated heterocycles. The normalized spacial score (nSPS) is 20.2. The van der Waals surface area contributed by atoms with Gasteiger partial charge in [0.2, 0.25) is 5.91 Å². The first kappa shape index (κ1) is 12.5. The van der Waals surface area contributed by atoms with Crippen LogP contribution in [0, 0.1) is 0 Å². The molecule has 0 saturated carbocycles. The highest BCUT2D eigenvalue weighted by Gasteiger charge is 2.24. The van der Waals surface area contributed by atoms with Gasteiger partial charge in [-0.3, -0.25) is 4.79 Å². The minimum Gasteiger partial charge on any atom is -0.444 e. The number of carbonyl (C=O) groups excluding carboxylic acids is 2. The Morgan fingerprint density at radius 3 is 2.56 bits per heavy atom. The first-order valence-electron chi connectivity index (χ1n) is 5.26. The second-order valence-electron chi connectivity index (χ2n) is 4.88. The van der Waals surface area contributed by atoms with Gasteiger partial charge in [-0.25, -0.2) is 4.79 Å². The highest BCUT2D eigenvalue weighted by molar-refractivity contribution is 5.92. The summed E-state index contributed by atoms with van der Waals surface area (Å²) in [7, 11) is 0. The van der Waals surface area contributed by atoms with E-state index in [0.717, 1.165) is 0 Å². The van der Waals surface area contributed by atoms with Gasteiger partial charge in [0.25, 0.3) is 0 Å². The Morgan fingerprint density at radius 1 is 1.50 bits per heavy atom. The van der Waals surface area contributed by atoms with Crippen LogP contribution in [-0.4, -0.2) is 23.6 Å². The molecule has 1 aliphatic rings. The fraction of sp³-hybridized carbons (Fsp3) is 0.636. The minimum atomic E-state index is -0.511. The Kier molecular flexibility index (Phi) is 3.57. The predicted molar refractivity (Wildman–Crippen MR) is 59.7 cm³/mol. The van der Waals surface area contributed by atoms with Crippen molar-refractivity contribution >= 4 is 12.0 Å². The van der Waals surface area contributed by atoms with Gasteiger partial charge in [-0.15, -0.1) is 0 Å². The first-order valence-corrected chi connectivity index (χ1v) is 5.26. The quantitative estimate of drug-likeness (QED) is 0.739. The molecule has 0 aromatic carbocycles. The highest BCUT2D eigenvalue weighted by atomic mass is 16.6. The largest absolute Gasteiger partial charge is 0.444 e. The van der Waals surface area contributed by atoms with Gasteiger partial charge in [0.15, 0.2) is 0 Å². The van der Waals surface area contributed by atoms with Gasteiger partial charge in [0.05, 0.1) is 0 Å². The van der Waals surface area contributed by atoms with Gasteiger partial charge in [0.1, 0.15) is 5.60 Å². The molecule has 1 aliphatic carbocycles. The molecule has 0 aromatic heterocycles. The fourth-order valence-electron chi connectivity index (χ4n) is 1.50. The van der Waals surface area contributed by atoms with E-state index >= 15 is 0 Å². The number of hydrogen-bond donors (Lipinski definition) is 2. The van der Waals surface area contributed by atoms with Crippen LogP contribution in [0.1, 0.15) is 33.6 Å². The summed E-state index contributed by atoms with van der Waals surface area (Å²) in [5.41, 5.74) is 5.20. The van der Waals surface area contributed by atoms with E-state index in [0.29, 0.717) is 18.4 Å². The van der Waals surface area contributed by atoms with Crippen molar-refractivity contribution in [1.82, 2.24) is 5.32 Å². The molecule has 90 valence electrons. The maximum Gasteiger partial charge on any atom is 0.407 e. The lowest BCUT2D eigenvalue weighted by Crippen LogP contribution is -2.38. The van der Waals surface area contributed by atoms with Crippen LogP contribution in [0.2, 0.25) is 0 Å². The van der Waals surface area contributed by atoms with Gasteiger partial charge in [0, 0.05) is 11.6 Å². The molecule has 0 radical (unpaired) electrons. The van der Waals surface area contributed by atoms with Crippen LogP contribution in [0.15, 0.2) is 11.6 Å². The standard InChI is InChI=1S/C11H18N2O3/c1-11(2,3)16-10(15)13-8-5-4-7(6-8)9(12)14/h4,8H,5-6H2,1-3H3,(H2,12,14)(H,13,15)/t8-/m0/s1. The monoisotopic (exact) mass is 226 g/mol. The SMILES string of the molecule is CC(C)(C)OC(=O)N[C@H]1CC=C(C(N)=O)C1. The number of alkyl carbamates (subject to hydrolysis) is 1. The predicted octanol–water partition coefficient (Wildman–Crippen LogP) is 1.09. The summed E-state index contributed by atoms with van der Waals surface area (Å²) in [6, 6.07) is -0.0858. The van der Waals surface area contributed by atoms with Gasteiger partial charge in [-0.2, -0.15) is 0 Å². The van der Waals surface area contributed by atoms with Crippen LogP contribution in [0.5, 0.6) is 0 Å². The van der Waals surface area contributed by atoms with Crippen LogP contribution in [0.25, 0.3) is 0 Å². The second-order valence-corrected chi connectivity index (χ2v) is 4.88. The third-order valence-corrected chi connectivity index (χ3v) is 2.15. The van der Waals surface area contributed by atoms with Crippen molar-refractivity contribution < 1.29 is 14.3 Å². The van der Waals surface area contributed by atoms with Crippen LogP contribution in [-0.2, 0) is 9.53 Å². The lowest BCUT2D eigenvalue weighted by atomic mass is 10.2.